The van der Waals surface area contributed by atoms with Crippen LogP contribution in [0.25, 0.3) is 11.4 Å². The Morgan fingerprint density at radius 2 is 1.90 bits per heavy atom. The molecule has 1 aromatic heterocycles. The van der Waals surface area contributed by atoms with Crippen LogP contribution in [0.5, 0.6) is 11.5 Å². The van der Waals surface area contributed by atoms with Crippen molar-refractivity contribution in [1.82, 2.24) is 20.2 Å². The van der Waals surface area contributed by atoms with E-state index >= 15 is 0 Å². The van der Waals surface area contributed by atoms with E-state index in [1.165, 1.54) is 12.8 Å². The van der Waals surface area contributed by atoms with Gasteiger partial charge in [0.05, 0.1) is 19.3 Å². The molecule has 3 aromatic rings. The molecule has 1 N–H and O–H groups in total. The number of rotatable bonds is 7. The molecule has 1 amide bonds. The zero-order valence-corrected chi connectivity index (χ0v) is 17.5. The Kier molecular flexibility index (Phi) is 5.28. The SMILES string of the molecule is COc1cc(C(=O)Nc2cccc(-c3nnnn3C3CC3)c2)ccc1OC1CCCC1. The minimum atomic E-state index is -0.218. The van der Waals surface area contributed by atoms with Crippen LogP contribution in [-0.4, -0.2) is 39.3 Å². The van der Waals surface area contributed by atoms with Gasteiger partial charge in [0, 0.05) is 16.8 Å². The fourth-order valence-electron chi connectivity index (χ4n) is 3.98. The molecule has 0 spiro atoms. The third-order valence-corrected chi connectivity index (χ3v) is 5.79. The van der Waals surface area contributed by atoms with E-state index in [0.29, 0.717) is 34.6 Å². The van der Waals surface area contributed by atoms with Gasteiger partial charge in [-0.1, -0.05) is 12.1 Å². The summed E-state index contributed by atoms with van der Waals surface area (Å²) >= 11 is 0. The molecule has 5 rings (SSSR count). The van der Waals surface area contributed by atoms with Gasteiger partial charge in [-0.15, -0.1) is 5.10 Å². The quantitative estimate of drug-likeness (QED) is 0.615. The van der Waals surface area contributed by atoms with Crippen LogP contribution < -0.4 is 14.8 Å². The second-order valence-corrected chi connectivity index (χ2v) is 8.10. The van der Waals surface area contributed by atoms with E-state index < -0.39 is 0 Å². The van der Waals surface area contributed by atoms with Crippen molar-refractivity contribution in [2.24, 2.45) is 0 Å². The van der Waals surface area contributed by atoms with Crippen LogP contribution in [0, 0.1) is 0 Å². The van der Waals surface area contributed by atoms with Crippen molar-refractivity contribution in [3.05, 3.63) is 48.0 Å². The number of carbonyl (C=O) groups is 1. The fourth-order valence-corrected chi connectivity index (χ4v) is 3.98. The molecule has 8 heteroatoms. The average Bonchev–Trinajstić information content (AvgIpc) is 3.29. The van der Waals surface area contributed by atoms with E-state index in [2.05, 4.69) is 20.8 Å². The van der Waals surface area contributed by atoms with E-state index in [4.69, 9.17) is 9.47 Å². The molecule has 160 valence electrons. The maximum atomic E-state index is 12.9. The number of benzene rings is 2. The highest BCUT2D eigenvalue weighted by Gasteiger charge is 2.28. The first-order chi connectivity index (χ1) is 15.2. The van der Waals surface area contributed by atoms with Crippen molar-refractivity contribution in [2.75, 3.05) is 12.4 Å². The first-order valence-electron chi connectivity index (χ1n) is 10.8. The average molecular weight is 419 g/mol. The minimum absolute atomic E-state index is 0.218. The van der Waals surface area contributed by atoms with Gasteiger partial charge in [0.25, 0.3) is 5.91 Å². The van der Waals surface area contributed by atoms with Gasteiger partial charge >= 0.3 is 0 Å². The summed E-state index contributed by atoms with van der Waals surface area (Å²) in [6.45, 7) is 0. The van der Waals surface area contributed by atoms with Gasteiger partial charge in [0.2, 0.25) is 0 Å². The molecule has 0 radical (unpaired) electrons. The van der Waals surface area contributed by atoms with Gasteiger partial charge in [0.1, 0.15) is 0 Å². The number of carbonyl (C=O) groups excluding carboxylic acids is 1. The van der Waals surface area contributed by atoms with Crippen molar-refractivity contribution in [2.45, 2.75) is 50.7 Å². The second kappa shape index (κ2) is 8.37. The topological polar surface area (TPSA) is 91.2 Å². The van der Waals surface area contributed by atoms with Crippen LogP contribution in [-0.2, 0) is 0 Å². The monoisotopic (exact) mass is 419 g/mol. The number of amides is 1. The Balaban J connectivity index is 1.32. The molecule has 2 fully saturated rings. The van der Waals surface area contributed by atoms with Crippen LogP contribution in [0.3, 0.4) is 0 Å². The van der Waals surface area contributed by atoms with Gasteiger partial charge in [-0.2, -0.15) is 0 Å². The zero-order valence-electron chi connectivity index (χ0n) is 17.5. The van der Waals surface area contributed by atoms with Gasteiger partial charge in [-0.05, 0) is 79.3 Å². The lowest BCUT2D eigenvalue weighted by Gasteiger charge is -2.16. The number of ether oxygens (including phenoxy) is 2. The lowest BCUT2D eigenvalue weighted by atomic mass is 10.1. The smallest absolute Gasteiger partial charge is 0.255 e. The molecule has 2 aliphatic carbocycles. The normalized spacial score (nSPS) is 16.3. The molecule has 0 atom stereocenters. The molecule has 0 unspecified atom stereocenters. The minimum Gasteiger partial charge on any atom is -0.493 e. The number of nitrogens with zero attached hydrogens (tertiary/aromatic N) is 4. The Morgan fingerprint density at radius 1 is 1.06 bits per heavy atom. The summed E-state index contributed by atoms with van der Waals surface area (Å²) in [4.78, 5) is 12.9. The third-order valence-electron chi connectivity index (χ3n) is 5.79. The Morgan fingerprint density at radius 3 is 2.68 bits per heavy atom. The molecule has 8 nitrogen and oxygen atoms in total. The van der Waals surface area contributed by atoms with Crippen LogP contribution in [0.4, 0.5) is 5.69 Å². The molecule has 0 saturated heterocycles. The second-order valence-electron chi connectivity index (χ2n) is 8.10. The lowest BCUT2D eigenvalue weighted by Crippen LogP contribution is -2.14. The highest BCUT2D eigenvalue weighted by atomic mass is 16.5. The largest absolute Gasteiger partial charge is 0.493 e. The van der Waals surface area contributed by atoms with Crippen molar-refractivity contribution in [3.63, 3.8) is 0 Å². The van der Waals surface area contributed by atoms with E-state index in [1.54, 1.807) is 19.2 Å². The molecule has 0 aliphatic heterocycles. The highest BCUT2D eigenvalue weighted by Crippen LogP contribution is 2.37. The van der Waals surface area contributed by atoms with Gasteiger partial charge in [0.15, 0.2) is 17.3 Å². The first-order valence-corrected chi connectivity index (χ1v) is 10.8. The Labute approximate surface area is 180 Å². The molecule has 2 aliphatic rings. The summed E-state index contributed by atoms with van der Waals surface area (Å²) in [7, 11) is 1.59. The van der Waals surface area contributed by atoms with Crippen molar-refractivity contribution in [1.29, 1.82) is 0 Å². The molecule has 0 bridgehead atoms. The molecule has 2 aromatic carbocycles. The van der Waals surface area contributed by atoms with Gasteiger partial charge in [-0.3, -0.25) is 4.79 Å². The number of nitrogens with one attached hydrogen (secondary N) is 1. The molecule has 1 heterocycles. The molecule has 31 heavy (non-hydrogen) atoms. The molecular formula is C23H25N5O3. The van der Waals surface area contributed by atoms with Crippen LogP contribution >= 0.6 is 0 Å². The summed E-state index contributed by atoms with van der Waals surface area (Å²) < 4.78 is 13.4. The number of hydrogen-bond acceptors (Lipinski definition) is 6. The van der Waals surface area contributed by atoms with Crippen molar-refractivity contribution < 1.29 is 14.3 Å². The van der Waals surface area contributed by atoms with E-state index in [9.17, 15) is 4.79 Å². The maximum absolute atomic E-state index is 12.9. The number of anilines is 1. The van der Waals surface area contributed by atoms with Crippen LogP contribution in [0.15, 0.2) is 42.5 Å². The summed E-state index contributed by atoms with van der Waals surface area (Å²) in [5.41, 5.74) is 2.05. The molecular weight excluding hydrogens is 394 g/mol. The summed E-state index contributed by atoms with van der Waals surface area (Å²) in [6.07, 6.45) is 6.92. The summed E-state index contributed by atoms with van der Waals surface area (Å²) in [6, 6.07) is 13.2. The van der Waals surface area contributed by atoms with Crippen molar-refractivity contribution >= 4 is 11.6 Å². The predicted molar refractivity (Wildman–Crippen MR) is 115 cm³/mol. The van der Waals surface area contributed by atoms with Crippen LogP contribution in [0.1, 0.15) is 54.9 Å². The van der Waals surface area contributed by atoms with Crippen molar-refractivity contribution in [3.8, 4) is 22.9 Å². The van der Waals surface area contributed by atoms with E-state index in [0.717, 1.165) is 31.2 Å². The maximum Gasteiger partial charge on any atom is 0.255 e. The lowest BCUT2D eigenvalue weighted by molar-refractivity contribution is 0.102. The zero-order chi connectivity index (χ0) is 21.2. The highest BCUT2D eigenvalue weighted by molar-refractivity contribution is 6.04. The van der Waals surface area contributed by atoms with Gasteiger partial charge in [-0.25, -0.2) is 4.68 Å². The number of methoxy groups -OCH3 is 1. The fraction of sp³-hybridized carbons (Fsp3) is 0.391. The number of tetrazole rings is 1. The predicted octanol–water partition coefficient (Wildman–Crippen LogP) is 4.26. The van der Waals surface area contributed by atoms with Crippen LogP contribution in [0.2, 0.25) is 0 Å². The summed E-state index contributed by atoms with van der Waals surface area (Å²) in [5.74, 6) is 1.75. The third kappa shape index (κ3) is 4.23. The molecule has 2 saturated carbocycles. The standard InChI is InChI=1S/C23H25N5O3/c1-30-21-14-16(9-12-20(21)31-19-7-2-3-8-19)23(29)24-17-6-4-5-15(13-17)22-25-26-27-28(22)18-10-11-18/h4-6,9,12-14,18-19H,2-3,7-8,10-11H2,1H3,(H,24,29). The Hall–Kier alpha value is -3.42. The van der Waals surface area contributed by atoms with Gasteiger partial charge < -0.3 is 14.8 Å². The van der Waals surface area contributed by atoms with E-state index in [-0.39, 0.29) is 12.0 Å². The number of aromatic nitrogens is 4. The number of hydrogen-bond donors (Lipinski definition) is 1. The Bertz CT molecular complexity index is 1090. The van der Waals surface area contributed by atoms with E-state index in [1.807, 2.05) is 35.0 Å². The first kappa shape index (κ1) is 19.5. The summed E-state index contributed by atoms with van der Waals surface area (Å²) in [5, 5.41) is 15.0.